The Hall–Kier alpha value is -2.70. The number of nitrogens with zero attached hydrogens (tertiary/aromatic N) is 3. The summed E-state index contributed by atoms with van der Waals surface area (Å²) in [4.78, 5) is 37.4. The molecule has 0 unspecified atom stereocenters. The van der Waals surface area contributed by atoms with Gasteiger partial charge in [-0.1, -0.05) is 0 Å². The molecule has 0 aliphatic carbocycles. The first-order valence-corrected chi connectivity index (χ1v) is 8.81. The summed E-state index contributed by atoms with van der Waals surface area (Å²) in [6.07, 6.45) is 4.54. The molecule has 3 heterocycles. The smallest absolute Gasteiger partial charge is 0.410 e. The van der Waals surface area contributed by atoms with Crippen LogP contribution in [0.25, 0.3) is 11.3 Å². The van der Waals surface area contributed by atoms with Gasteiger partial charge in [-0.15, -0.1) is 0 Å². The van der Waals surface area contributed by atoms with Crippen molar-refractivity contribution in [1.29, 1.82) is 0 Å². The number of carbonyl (C=O) groups is 1. The highest BCUT2D eigenvalue weighted by Gasteiger charge is 2.28. The van der Waals surface area contributed by atoms with Gasteiger partial charge >= 0.3 is 6.09 Å². The van der Waals surface area contributed by atoms with Crippen molar-refractivity contribution in [3.8, 4) is 11.3 Å². The Kier molecular flexibility index (Phi) is 5.06. The van der Waals surface area contributed by atoms with Crippen LogP contribution in [0, 0.1) is 0 Å². The van der Waals surface area contributed by atoms with E-state index in [9.17, 15) is 9.59 Å². The minimum absolute atomic E-state index is 0.114. The highest BCUT2D eigenvalue weighted by Crippen LogP contribution is 2.27. The van der Waals surface area contributed by atoms with Crippen LogP contribution in [0.2, 0.25) is 0 Å². The third kappa shape index (κ3) is 4.47. The highest BCUT2D eigenvalue weighted by atomic mass is 16.6. The molecule has 1 amide bonds. The molecule has 1 aliphatic heterocycles. The minimum Gasteiger partial charge on any atom is -0.444 e. The van der Waals surface area contributed by atoms with E-state index in [1.54, 1.807) is 17.3 Å². The van der Waals surface area contributed by atoms with Gasteiger partial charge < -0.3 is 14.6 Å². The van der Waals surface area contributed by atoms with E-state index in [-0.39, 0.29) is 17.6 Å². The SMILES string of the molecule is CC(C)(C)OC(=O)N1CCC(c2nc(-c3ccncc3)cc(=O)[nH]2)CC1. The maximum absolute atomic E-state index is 12.2. The van der Waals surface area contributed by atoms with Gasteiger partial charge in [0, 0.05) is 43.0 Å². The Morgan fingerprint density at radius 1 is 1.23 bits per heavy atom. The lowest BCUT2D eigenvalue weighted by molar-refractivity contribution is 0.0203. The quantitative estimate of drug-likeness (QED) is 0.894. The van der Waals surface area contributed by atoms with Crippen molar-refractivity contribution in [3.05, 3.63) is 46.8 Å². The standard InChI is InChI=1S/C19H24N4O3/c1-19(2,3)26-18(25)23-10-6-14(7-11-23)17-21-15(12-16(24)22-17)13-4-8-20-9-5-13/h4-5,8-9,12,14H,6-7,10-11H2,1-3H3,(H,21,22,24). The molecule has 7 nitrogen and oxygen atoms in total. The van der Waals surface area contributed by atoms with Crippen molar-refractivity contribution in [2.75, 3.05) is 13.1 Å². The van der Waals surface area contributed by atoms with E-state index in [0.29, 0.717) is 24.6 Å². The molecular weight excluding hydrogens is 332 g/mol. The van der Waals surface area contributed by atoms with Gasteiger partial charge in [0.25, 0.3) is 5.56 Å². The first-order valence-electron chi connectivity index (χ1n) is 8.81. The van der Waals surface area contributed by atoms with E-state index in [1.807, 2.05) is 32.9 Å². The van der Waals surface area contributed by atoms with E-state index in [4.69, 9.17) is 4.74 Å². The molecule has 0 saturated carbocycles. The van der Waals surface area contributed by atoms with Crippen molar-refractivity contribution < 1.29 is 9.53 Å². The van der Waals surface area contributed by atoms with Crippen LogP contribution in [0.15, 0.2) is 35.4 Å². The normalized spacial score (nSPS) is 15.7. The number of likely N-dealkylation sites (tertiary alicyclic amines) is 1. The van der Waals surface area contributed by atoms with Gasteiger partial charge in [0.2, 0.25) is 0 Å². The molecule has 26 heavy (non-hydrogen) atoms. The molecule has 2 aromatic heterocycles. The Bertz CT molecular complexity index is 819. The molecule has 2 aromatic rings. The van der Waals surface area contributed by atoms with Crippen LogP contribution in [0.5, 0.6) is 0 Å². The molecule has 0 spiro atoms. The summed E-state index contributed by atoms with van der Waals surface area (Å²) in [7, 11) is 0. The number of pyridine rings is 1. The molecule has 7 heteroatoms. The lowest BCUT2D eigenvalue weighted by Crippen LogP contribution is -2.41. The molecule has 3 rings (SSSR count). The predicted molar refractivity (Wildman–Crippen MR) is 97.9 cm³/mol. The number of aromatic amines is 1. The second-order valence-corrected chi connectivity index (χ2v) is 7.49. The zero-order chi connectivity index (χ0) is 18.7. The number of aromatic nitrogens is 3. The number of carbonyl (C=O) groups excluding carboxylic acids is 1. The fraction of sp³-hybridized carbons (Fsp3) is 0.474. The fourth-order valence-electron chi connectivity index (χ4n) is 3.00. The van der Waals surface area contributed by atoms with Gasteiger partial charge in [-0.25, -0.2) is 9.78 Å². The second kappa shape index (κ2) is 7.27. The van der Waals surface area contributed by atoms with E-state index in [1.165, 1.54) is 6.07 Å². The molecule has 1 N–H and O–H groups in total. The maximum Gasteiger partial charge on any atom is 0.410 e. The Labute approximate surface area is 152 Å². The average molecular weight is 356 g/mol. The summed E-state index contributed by atoms with van der Waals surface area (Å²) in [5.74, 6) is 0.788. The Morgan fingerprint density at radius 2 is 1.88 bits per heavy atom. The molecule has 0 bridgehead atoms. The third-order valence-corrected chi connectivity index (χ3v) is 4.27. The molecule has 1 aliphatic rings. The number of H-pyrrole nitrogens is 1. The van der Waals surface area contributed by atoms with E-state index in [2.05, 4.69) is 15.0 Å². The molecule has 1 saturated heterocycles. The van der Waals surface area contributed by atoms with E-state index in [0.717, 1.165) is 18.4 Å². The lowest BCUT2D eigenvalue weighted by atomic mass is 9.96. The van der Waals surface area contributed by atoms with Crippen LogP contribution in [0.3, 0.4) is 0 Å². The lowest BCUT2D eigenvalue weighted by Gasteiger charge is -2.33. The summed E-state index contributed by atoms with van der Waals surface area (Å²) in [5.41, 5.74) is 0.829. The predicted octanol–water partition coefficient (Wildman–Crippen LogP) is 2.95. The molecule has 0 atom stereocenters. The largest absolute Gasteiger partial charge is 0.444 e. The van der Waals surface area contributed by atoms with Crippen LogP contribution in [-0.4, -0.2) is 44.6 Å². The number of piperidine rings is 1. The third-order valence-electron chi connectivity index (χ3n) is 4.27. The number of hydrogen-bond acceptors (Lipinski definition) is 5. The number of amides is 1. The minimum atomic E-state index is -0.500. The van der Waals surface area contributed by atoms with Crippen molar-refractivity contribution in [3.63, 3.8) is 0 Å². The number of ether oxygens (including phenoxy) is 1. The van der Waals surface area contributed by atoms with Gasteiger partial charge in [0.15, 0.2) is 0 Å². The second-order valence-electron chi connectivity index (χ2n) is 7.49. The molecule has 0 aromatic carbocycles. The highest BCUT2D eigenvalue weighted by molar-refractivity contribution is 5.68. The summed E-state index contributed by atoms with van der Waals surface area (Å²) < 4.78 is 5.42. The van der Waals surface area contributed by atoms with Gasteiger partial charge in [-0.3, -0.25) is 9.78 Å². The van der Waals surface area contributed by atoms with Crippen LogP contribution in [0.1, 0.15) is 45.4 Å². The Balaban J connectivity index is 1.71. The zero-order valence-corrected chi connectivity index (χ0v) is 15.4. The summed E-state index contributed by atoms with van der Waals surface area (Å²) >= 11 is 0. The van der Waals surface area contributed by atoms with E-state index < -0.39 is 5.60 Å². The number of nitrogens with one attached hydrogen (secondary N) is 1. The van der Waals surface area contributed by atoms with Crippen molar-refractivity contribution in [1.82, 2.24) is 19.9 Å². The monoisotopic (exact) mass is 356 g/mol. The molecular formula is C19H24N4O3. The molecule has 0 radical (unpaired) electrons. The molecule has 1 fully saturated rings. The summed E-state index contributed by atoms with van der Waals surface area (Å²) in [5, 5.41) is 0. The van der Waals surface area contributed by atoms with Crippen LogP contribution in [-0.2, 0) is 4.74 Å². The first-order chi connectivity index (χ1) is 12.3. The van der Waals surface area contributed by atoms with Crippen LogP contribution >= 0.6 is 0 Å². The summed E-state index contributed by atoms with van der Waals surface area (Å²) in [6, 6.07) is 5.15. The van der Waals surface area contributed by atoms with Crippen molar-refractivity contribution in [2.45, 2.75) is 45.1 Å². The van der Waals surface area contributed by atoms with Gasteiger partial charge in [-0.2, -0.15) is 0 Å². The van der Waals surface area contributed by atoms with Gasteiger partial charge in [0.1, 0.15) is 11.4 Å². The molecule has 138 valence electrons. The maximum atomic E-state index is 12.2. The van der Waals surface area contributed by atoms with Gasteiger partial charge in [-0.05, 0) is 45.7 Å². The van der Waals surface area contributed by atoms with Crippen LogP contribution < -0.4 is 5.56 Å². The zero-order valence-electron chi connectivity index (χ0n) is 15.4. The Morgan fingerprint density at radius 3 is 2.50 bits per heavy atom. The first kappa shape index (κ1) is 18.1. The fourth-order valence-corrected chi connectivity index (χ4v) is 3.00. The van der Waals surface area contributed by atoms with Gasteiger partial charge in [0.05, 0.1) is 5.69 Å². The van der Waals surface area contributed by atoms with Crippen molar-refractivity contribution in [2.24, 2.45) is 0 Å². The van der Waals surface area contributed by atoms with E-state index >= 15 is 0 Å². The van der Waals surface area contributed by atoms with Crippen molar-refractivity contribution >= 4 is 6.09 Å². The topological polar surface area (TPSA) is 88.2 Å². The number of hydrogen-bond donors (Lipinski definition) is 1. The summed E-state index contributed by atoms with van der Waals surface area (Å²) in [6.45, 7) is 6.75. The van der Waals surface area contributed by atoms with Crippen LogP contribution in [0.4, 0.5) is 4.79 Å². The number of rotatable bonds is 2. The average Bonchev–Trinajstić information content (AvgIpc) is 2.61.